The van der Waals surface area contributed by atoms with Crippen LogP contribution in [0.1, 0.15) is 107 Å². The van der Waals surface area contributed by atoms with Gasteiger partial charge in [0.05, 0.1) is 41.4 Å². The maximum Gasteiger partial charge on any atom is 0.324 e. The largest absolute Gasteiger partial charge is 0.424 e. The van der Waals surface area contributed by atoms with Gasteiger partial charge in [0.1, 0.15) is 75.4 Å². The summed E-state index contributed by atoms with van der Waals surface area (Å²) in [6.45, 7) is 11.9. The summed E-state index contributed by atoms with van der Waals surface area (Å²) >= 11 is 0. The van der Waals surface area contributed by atoms with E-state index >= 15 is 0 Å². The molecular formula is C96H98F5N23O4. The first-order chi connectivity index (χ1) is 61.9. The zero-order valence-corrected chi connectivity index (χ0v) is 72.0. The van der Waals surface area contributed by atoms with Gasteiger partial charge in [-0.25, -0.2) is 22.0 Å². The Hall–Kier alpha value is -13.0. The number of pyridine rings is 3. The first kappa shape index (κ1) is 82.0. The van der Waals surface area contributed by atoms with Crippen molar-refractivity contribution in [3.63, 3.8) is 0 Å². The number of nitrogens with two attached hydrogens (primary N) is 4. The molecule has 24 rings (SSSR count). The fourth-order valence-corrected chi connectivity index (χ4v) is 21.3. The Morgan fingerprint density at radius 2 is 0.805 bits per heavy atom. The number of aromatic nitrogens is 11. The molecule has 7 aromatic heterocycles. The molecule has 2 spiro atoms. The quantitative estimate of drug-likeness (QED) is 0.0417. The van der Waals surface area contributed by atoms with Crippen LogP contribution in [-0.4, -0.2) is 159 Å². The molecule has 11 heterocycles. The molecule has 7 unspecified atom stereocenters. The Labute approximate surface area is 736 Å². The molecule has 4 saturated heterocycles. The van der Waals surface area contributed by atoms with Crippen molar-refractivity contribution in [3.8, 4) is 91.5 Å². The van der Waals surface area contributed by atoms with E-state index in [1.807, 2.05) is 53.1 Å². The normalized spacial score (nSPS) is 22.0. The second kappa shape index (κ2) is 32.1. The lowest BCUT2D eigenvalue weighted by atomic mass is 9.60. The summed E-state index contributed by atoms with van der Waals surface area (Å²) in [5.74, 6) is 5.20. The monoisotopic (exact) mass is 1730 g/mol. The van der Waals surface area contributed by atoms with E-state index in [0.29, 0.717) is 66.4 Å². The third kappa shape index (κ3) is 14.8. The number of benzene rings is 5. The summed E-state index contributed by atoms with van der Waals surface area (Å²) in [6.07, 6.45) is 19.9. The Morgan fingerprint density at radius 3 is 1.16 bits per heavy atom. The van der Waals surface area contributed by atoms with Gasteiger partial charge in [-0.1, -0.05) is 6.07 Å². The number of hydrogen-bond acceptors (Lipinski definition) is 27. The lowest BCUT2D eigenvalue weighted by Crippen LogP contribution is -2.69. The number of rotatable bonds is 16. The fraction of sp³-hybridized carbons (Fsp3) is 0.365. The van der Waals surface area contributed by atoms with Crippen LogP contribution in [0.3, 0.4) is 0 Å². The zero-order valence-electron chi connectivity index (χ0n) is 72.0. The number of halogens is 5. The topological polar surface area (TPSA) is 344 Å². The lowest BCUT2D eigenvalue weighted by molar-refractivity contribution is 0.0558. The highest BCUT2D eigenvalue weighted by Crippen LogP contribution is 2.58. The third-order valence-electron chi connectivity index (χ3n) is 28.1. The van der Waals surface area contributed by atoms with Crippen LogP contribution in [0.25, 0.3) is 44.5 Å². The van der Waals surface area contributed by atoms with Crippen LogP contribution < -0.4 is 82.7 Å². The number of nitrogens with one attached hydrogen (secondary N) is 4. The van der Waals surface area contributed by atoms with Crippen molar-refractivity contribution in [2.24, 2.45) is 51.5 Å². The zero-order chi connectivity index (χ0) is 88.0. The number of piperidine rings is 1. The molecule has 4 saturated carbocycles. The lowest BCUT2D eigenvalue weighted by Gasteiger charge is -2.60. The summed E-state index contributed by atoms with van der Waals surface area (Å²) < 4.78 is 95.4. The van der Waals surface area contributed by atoms with Crippen molar-refractivity contribution in [2.45, 2.75) is 122 Å². The van der Waals surface area contributed by atoms with Crippen LogP contribution in [0.2, 0.25) is 0 Å². The van der Waals surface area contributed by atoms with Crippen LogP contribution >= 0.6 is 0 Å². The highest BCUT2D eigenvalue weighted by Gasteiger charge is 2.57. The van der Waals surface area contributed by atoms with E-state index in [-0.39, 0.29) is 88.3 Å². The summed E-state index contributed by atoms with van der Waals surface area (Å²) in [5, 5.41) is 12.5. The van der Waals surface area contributed by atoms with Gasteiger partial charge < -0.3 is 82.7 Å². The minimum atomic E-state index is -0.392. The maximum absolute atomic E-state index is 14.5. The Bertz CT molecular complexity index is 6320. The van der Waals surface area contributed by atoms with Crippen LogP contribution in [-0.2, 0) is 25.7 Å². The van der Waals surface area contributed by atoms with Gasteiger partial charge >= 0.3 is 24.0 Å². The molecule has 12 aromatic rings. The molecule has 5 aromatic carbocycles. The number of fused-ring (bicyclic) bond motifs is 15. The molecule has 12 N–H and O–H groups in total. The summed E-state index contributed by atoms with van der Waals surface area (Å²) in [4.78, 5) is 59.7. The van der Waals surface area contributed by atoms with Gasteiger partial charge in [0.15, 0.2) is 0 Å². The van der Waals surface area contributed by atoms with E-state index in [4.69, 9.17) is 76.8 Å². The predicted molar refractivity (Wildman–Crippen MR) is 480 cm³/mol. The minimum absolute atomic E-state index is 0.163. The van der Waals surface area contributed by atoms with Crippen molar-refractivity contribution in [2.75, 3.05) is 115 Å². The van der Waals surface area contributed by atoms with E-state index in [1.54, 1.807) is 87.7 Å². The molecule has 9 atom stereocenters. The number of hydrogen-bond donors (Lipinski definition) is 8. The van der Waals surface area contributed by atoms with Gasteiger partial charge in [-0.15, -0.1) is 0 Å². The van der Waals surface area contributed by atoms with Gasteiger partial charge in [-0.2, -0.15) is 39.9 Å². The molecule has 8 fully saturated rings. The van der Waals surface area contributed by atoms with E-state index in [1.165, 1.54) is 36.4 Å². The number of nitrogens with zero attached hydrogens (tertiary/aromatic N) is 15. The van der Waals surface area contributed by atoms with Gasteiger partial charge in [0.2, 0.25) is 0 Å². The minimum Gasteiger partial charge on any atom is -0.424 e. The summed E-state index contributed by atoms with van der Waals surface area (Å²) in [6, 6.07) is 26.3. The smallest absolute Gasteiger partial charge is 0.324 e. The first-order valence-corrected chi connectivity index (χ1v) is 43.8. The highest BCUT2D eigenvalue weighted by molar-refractivity contribution is 5.92. The molecule has 0 amide bonds. The van der Waals surface area contributed by atoms with Gasteiger partial charge in [-0.3, -0.25) is 15.0 Å². The second-order valence-corrected chi connectivity index (χ2v) is 36.3. The van der Waals surface area contributed by atoms with E-state index in [0.717, 1.165) is 243 Å². The molecular weight excluding hydrogens is 1630 g/mol. The third-order valence-corrected chi connectivity index (χ3v) is 28.1. The van der Waals surface area contributed by atoms with Gasteiger partial charge in [0, 0.05) is 210 Å². The number of aryl methyl sites for hydroxylation is 3. The number of ether oxygens (including phenoxy) is 4. The van der Waals surface area contributed by atoms with Crippen molar-refractivity contribution >= 4 is 46.0 Å². The molecule has 656 valence electrons. The van der Waals surface area contributed by atoms with Crippen LogP contribution in [0.4, 0.5) is 68.0 Å². The predicted octanol–water partition coefficient (Wildman–Crippen LogP) is 14.9. The van der Waals surface area contributed by atoms with Crippen molar-refractivity contribution in [3.05, 3.63) is 219 Å². The maximum atomic E-state index is 14.5. The molecule has 32 heteroatoms. The van der Waals surface area contributed by atoms with Gasteiger partial charge in [-0.05, 0) is 224 Å². The van der Waals surface area contributed by atoms with E-state index in [2.05, 4.69) is 60.8 Å². The van der Waals surface area contributed by atoms with Crippen LogP contribution in [0.5, 0.6) is 47.0 Å². The molecule has 4 aliphatic heterocycles. The Balaban J connectivity index is 0.000000104. The Kier molecular flexibility index (Phi) is 20.5. The first-order valence-electron chi connectivity index (χ1n) is 43.8. The molecule has 27 nitrogen and oxygen atoms in total. The van der Waals surface area contributed by atoms with E-state index in [9.17, 15) is 22.0 Å². The molecule has 12 aliphatic rings. The highest BCUT2D eigenvalue weighted by atomic mass is 19.1. The SMILES string of the molecule is CNc1cc(F)cc2c1Cc1nc(Oc3cccc(F)c3)nc(N3CC4CC3CC4N)c1-2.CNc1cc(F)cc2c1Cc1nc(Oc3cncc(C)c3)nc(N3CC4(CC[C@H]4N)C3)c1-2.CNc1cc(F)cc2c1Cc1nc(Oc3cncc(C)c3)nc(N3CC4CC(N)C4C3)c1-2.CNc1cc(F)cc2c1Cc1nc(Oc3cncc(C)c3)nc(N3CCC4(C[C@H]4N)C3)c1-2. The molecule has 128 heavy (non-hydrogen) atoms. The molecule has 0 radical (unpaired) electrons. The molecule has 2 bridgehead atoms. The average molecular weight is 1730 g/mol. The van der Waals surface area contributed by atoms with Gasteiger partial charge in [0.25, 0.3) is 0 Å². The van der Waals surface area contributed by atoms with Crippen LogP contribution in [0.15, 0.2) is 128 Å². The Morgan fingerprint density at radius 1 is 0.391 bits per heavy atom. The standard InChI is InChI=1S/C24H23F2N5O.3C24H25FN6O/c1-28-20-8-14(26)7-18-17(20)10-21-22(18)23(31-11-12-5-15(31)9-19(12)27)30-24(29-21)32-16-4-2-3-13(25)6-16;1-12-3-15(9-28-8-12)32-24-29-21-7-16-17(5-14(25)6-20(16)27-2)22(21)23(30-24)31-10-13-4-19(26)18(13)11-31;1-13-5-15(11-28-10-13)32-23-29-19-8-16-17(6-14(25)7-18(16)27-2)21(19)22(30-23)31-4-3-24(12-31)9-20(24)26;1-13-5-15(10-28-9-13)32-23-29-19-8-16-17(6-14(25)7-18(16)27-2)21(19)22(30-23)31-11-24(12-31)4-3-20(24)26/h2-4,6-8,12,15,19,28H,5,9-11,27H2,1H3;3,5-6,8-9,13,18-19,27H,4,7,10-11,26H2,1-2H3;5-7,10-11,20,27H,3-4,8-9,12,26H2,1-2H3;5-7,9-10,20,27H,3-4,8,11-12,26H2,1-2H3/t;;20-,24?;20-/m..11/s1. The average Bonchev–Trinajstić information content (AvgIpc) is 1.32. The second-order valence-electron chi connectivity index (χ2n) is 36.3. The van der Waals surface area contributed by atoms with Crippen molar-refractivity contribution < 1.29 is 40.9 Å². The van der Waals surface area contributed by atoms with Crippen LogP contribution in [0, 0.1) is 78.4 Å². The van der Waals surface area contributed by atoms with E-state index < -0.39 is 5.82 Å². The molecule has 8 aliphatic carbocycles. The van der Waals surface area contributed by atoms with Crippen molar-refractivity contribution in [1.29, 1.82) is 0 Å². The van der Waals surface area contributed by atoms with Crippen molar-refractivity contribution in [1.82, 2.24) is 54.8 Å². The fourth-order valence-electron chi connectivity index (χ4n) is 21.3. The summed E-state index contributed by atoms with van der Waals surface area (Å²) in [5.41, 5.74) is 45.8. The summed E-state index contributed by atoms with van der Waals surface area (Å²) in [7, 11) is 7.21. The number of anilines is 8.